The Hall–Kier alpha value is -1.88. The Morgan fingerprint density at radius 2 is 2.38 bits per heavy atom. The van der Waals surface area contributed by atoms with E-state index in [1.165, 1.54) is 23.1 Å². The number of nitrogens with zero attached hydrogens (tertiary/aromatic N) is 1. The zero-order chi connectivity index (χ0) is 14.8. The minimum absolute atomic E-state index is 0.151. The number of aryl methyl sites for hydroxylation is 2. The molecule has 0 spiro atoms. The minimum Gasteiger partial charge on any atom is -0.460 e. The van der Waals surface area contributed by atoms with Crippen LogP contribution in [0.15, 0.2) is 27.7 Å². The Morgan fingerprint density at radius 3 is 3.14 bits per heavy atom. The van der Waals surface area contributed by atoms with Crippen LogP contribution >= 0.6 is 11.3 Å². The second-order valence-corrected chi connectivity index (χ2v) is 6.69. The van der Waals surface area contributed by atoms with Crippen LogP contribution in [-0.4, -0.2) is 12.1 Å². The van der Waals surface area contributed by atoms with Crippen LogP contribution in [-0.2, 0) is 12.8 Å². The largest absolute Gasteiger partial charge is 0.460 e. The van der Waals surface area contributed by atoms with Gasteiger partial charge in [-0.3, -0.25) is 4.79 Å². The molecule has 1 aliphatic rings. The quantitative estimate of drug-likeness (QED) is 0.696. The van der Waals surface area contributed by atoms with Crippen LogP contribution in [0.5, 0.6) is 0 Å². The lowest BCUT2D eigenvalue weighted by Crippen LogP contribution is -2.16. The molecule has 0 saturated heterocycles. The zero-order valence-corrected chi connectivity index (χ0v) is 13.0. The normalized spacial score (nSPS) is 17.9. The van der Waals surface area contributed by atoms with E-state index < -0.39 is 0 Å². The number of carbonyl (C=O) groups excluding carboxylic acids is 1. The average molecular weight is 302 g/mol. The molecular weight excluding hydrogens is 284 g/mol. The van der Waals surface area contributed by atoms with Crippen molar-refractivity contribution in [2.45, 2.75) is 33.1 Å². The van der Waals surface area contributed by atoms with Crippen molar-refractivity contribution in [2.24, 2.45) is 11.0 Å². The molecule has 1 N–H and O–H groups in total. The van der Waals surface area contributed by atoms with Crippen molar-refractivity contribution in [1.29, 1.82) is 0 Å². The first-order chi connectivity index (χ1) is 10.1. The molecule has 1 amide bonds. The van der Waals surface area contributed by atoms with Gasteiger partial charge in [-0.1, -0.05) is 6.92 Å². The summed E-state index contributed by atoms with van der Waals surface area (Å²) >= 11 is 1.59. The molecule has 110 valence electrons. The third-order valence-electron chi connectivity index (χ3n) is 3.67. The van der Waals surface area contributed by atoms with Gasteiger partial charge in [-0.15, -0.1) is 11.3 Å². The highest BCUT2D eigenvalue weighted by Gasteiger charge is 2.20. The molecule has 0 radical (unpaired) electrons. The Bertz CT molecular complexity index is 684. The second-order valence-electron chi connectivity index (χ2n) is 5.55. The summed E-state index contributed by atoms with van der Waals surface area (Å²) in [4.78, 5) is 14.2. The molecule has 1 atom stereocenters. The van der Waals surface area contributed by atoms with Gasteiger partial charge in [0.25, 0.3) is 5.91 Å². The molecule has 2 aromatic heterocycles. The first kappa shape index (κ1) is 14.1. The van der Waals surface area contributed by atoms with Crippen LogP contribution in [0.2, 0.25) is 0 Å². The Kier molecular flexibility index (Phi) is 3.92. The van der Waals surface area contributed by atoms with Crippen molar-refractivity contribution in [2.75, 3.05) is 0 Å². The maximum absolute atomic E-state index is 12.1. The fourth-order valence-corrected chi connectivity index (χ4v) is 3.65. The van der Waals surface area contributed by atoms with Crippen LogP contribution in [0.4, 0.5) is 0 Å². The minimum atomic E-state index is -0.151. The molecule has 4 nitrogen and oxygen atoms in total. The van der Waals surface area contributed by atoms with Gasteiger partial charge in [0, 0.05) is 4.88 Å². The number of rotatable bonds is 3. The number of furan rings is 1. The van der Waals surface area contributed by atoms with Gasteiger partial charge >= 0.3 is 0 Å². The molecule has 2 heterocycles. The highest BCUT2D eigenvalue weighted by atomic mass is 32.1. The summed E-state index contributed by atoms with van der Waals surface area (Å²) in [5.41, 5.74) is 3.89. The fourth-order valence-electron chi connectivity index (χ4n) is 2.55. The second kappa shape index (κ2) is 5.85. The van der Waals surface area contributed by atoms with Gasteiger partial charge in [-0.2, -0.15) is 5.10 Å². The Balaban J connectivity index is 1.64. The summed E-state index contributed by atoms with van der Waals surface area (Å²) in [6, 6.07) is 5.69. The monoisotopic (exact) mass is 302 g/mol. The lowest BCUT2D eigenvalue weighted by Gasteiger charge is -2.16. The third kappa shape index (κ3) is 3.24. The highest BCUT2D eigenvalue weighted by molar-refractivity contribution is 7.14. The van der Waals surface area contributed by atoms with E-state index in [2.05, 4.69) is 17.5 Å². The van der Waals surface area contributed by atoms with Gasteiger partial charge in [-0.25, -0.2) is 5.43 Å². The SMILES string of the molecule is Cc1ccc(/C=N\NC(=O)c2cc3c(s2)CC[C@H](C)C3)o1. The van der Waals surface area contributed by atoms with E-state index in [1.54, 1.807) is 11.3 Å². The summed E-state index contributed by atoms with van der Waals surface area (Å²) in [5.74, 6) is 2.01. The van der Waals surface area contributed by atoms with Crippen molar-refractivity contribution in [1.82, 2.24) is 5.43 Å². The number of fused-ring (bicyclic) bond motifs is 1. The molecule has 0 aromatic carbocycles. The summed E-state index contributed by atoms with van der Waals surface area (Å²) < 4.78 is 5.35. The number of nitrogens with one attached hydrogen (secondary N) is 1. The first-order valence-electron chi connectivity index (χ1n) is 7.13. The Morgan fingerprint density at radius 1 is 1.52 bits per heavy atom. The van der Waals surface area contributed by atoms with Crippen LogP contribution in [0, 0.1) is 12.8 Å². The summed E-state index contributed by atoms with van der Waals surface area (Å²) in [6.45, 7) is 4.13. The molecule has 3 rings (SSSR count). The van der Waals surface area contributed by atoms with Crippen LogP contribution in [0.3, 0.4) is 0 Å². The smallest absolute Gasteiger partial charge is 0.281 e. The standard InChI is InChI=1S/C16H18N2O2S/c1-10-3-6-14-12(7-10)8-15(21-14)16(19)18-17-9-13-5-4-11(2)20-13/h4-5,8-10H,3,6-7H2,1-2H3,(H,18,19)/b17-9-/t10-/m0/s1. The molecule has 0 fully saturated rings. The van der Waals surface area contributed by atoms with Crippen molar-refractivity contribution in [3.63, 3.8) is 0 Å². The fraction of sp³-hybridized carbons (Fsp3) is 0.375. The maximum atomic E-state index is 12.1. The van der Waals surface area contributed by atoms with Crippen molar-refractivity contribution in [3.05, 3.63) is 45.0 Å². The van der Waals surface area contributed by atoms with Crippen LogP contribution in [0.25, 0.3) is 0 Å². The summed E-state index contributed by atoms with van der Waals surface area (Å²) in [5, 5.41) is 3.94. The lowest BCUT2D eigenvalue weighted by atomic mass is 9.90. The molecule has 1 aliphatic carbocycles. The molecule has 0 saturated carbocycles. The topological polar surface area (TPSA) is 54.6 Å². The number of amides is 1. The van der Waals surface area contributed by atoms with Gasteiger partial charge in [0.05, 0.1) is 11.1 Å². The number of thiophene rings is 1. The van der Waals surface area contributed by atoms with Gasteiger partial charge in [-0.05, 0) is 55.9 Å². The summed E-state index contributed by atoms with van der Waals surface area (Å²) in [6.07, 6.45) is 4.89. The molecule has 0 aliphatic heterocycles. The lowest BCUT2D eigenvalue weighted by molar-refractivity contribution is 0.0959. The van der Waals surface area contributed by atoms with E-state index in [4.69, 9.17) is 4.42 Å². The van der Waals surface area contributed by atoms with E-state index in [1.807, 2.05) is 25.1 Å². The molecule has 2 aromatic rings. The van der Waals surface area contributed by atoms with Gasteiger partial charge in [0.15, 0.2) is 0 Å². The molecular formula is C16H18N2O2S. The van der Waals surface area contributed by atoms with Crippen LogP contribution < -0.4 is 5.43 Å². The number of carbonyl (C=O) groups is 1. The van der Waals surface area contributed by atoms with Gasteiger partial charge in [0.2, 0.25) is 0 Å². The predicted octanol–water partition coefficient (Wildman–Crippen LogP) is 3.54. The maximum Gasteiger partial charge on any atom is 0.281 e. The van der Waals surface area contributed by atoms with Crippen molar-refractivity contribution < 1.29 is 9.21 Å². The number of hydrogen-bond acceptors (Lipinski definition) is 4. The number of hydrazone groups is 1. The number of hydrogen-bond donors (Lipinski definition) is 1. The van der Waals surface area contributed by atoms with E-state index in [0.717, 1.165) is 23.5 Å². The van der Waals surface area contributed by atoms with Gasteiger partial charge < -0.3 is 4.42 Å². The van der Waals surface area contributed by atoms with Gasteiger partial charge in [0.1, 0.15) is 11.5 Å². The summed E-state index contributed by atoms with van der Waals surface area (Å²) in [7, 11) is 0. The Labute approximate surface area is 127 Å². The molecule has 21 heavy (non-hydrogen) atoms. The highest BCUT2D eigenvalue weighted by Crippen LogP contribution is 2.32. The van der Waals surface area contributed by atoms with E-state index in [9.17, 15) is 4.79 Å². The van der Waals surface area contributed by atoms with E-state index in [0.29, 0.717) is 11.7 Å². The molecule has 0 unspecified atom stereocenters. The molecule has 5 heteroatoms. The van der Waals surface area contributed by atoms with Crippen molar-refractivity contribution in [3.8, 4) is 0 Å². The predicted molar refractivity (Wildman–Crippen MR) is 84.0 cm³/mol. The van der Waals surface area contributed by atoms with Crippen LogP contribution in [0.1, 0.15) is 45.0 Å². The third-order valence-corrected chi connectivity index (χ3v) is 4.91. The van der Waals surface area contributed by atoms with E-state index >= 15 is 0 Å². The van der Waals surface area contributed by atoms with Crippen molar-refractivity contribution >= 4 is 23.5 Å². The van der Waals surface area contributed by atoms with E-state index in [-0.39, 0.29) is 5.91 Å². The molecule has 0 bridgehead atoms. The average Bonchev–Trinajstić information content (AvgIpc) is 3.04. The zero-order valence-electron chi connectivity index (χ0n) is 12.2. The first-order valence-corrected chi connectivity index (χ1v) is 7.95.